The Bertz CT molecular complexity index is 1310. The number of para-hydroxylation sites is 1. The van der Waals surface area contributed by atoms with E-state index in [0.717, 1.165) is 10.2 Å². The molecule has 1 unspecified atom stereocenters. The van der Waals surface area contributed by atoms with Crippen molar-refractivity contribution >= 4 is 44.1 Å². The van der Waals surface area contributed by atoms with Crippen molar-refractivity contribution in [2.45, 2.75) is 6.04 Å². The smallest absolute Gasteiger partial charge is 0.301 e. The van der Waals surface area contributed by atoms with Crippen molar-refractivity contribution in [3.05, 3.63) is 95.6 Å². The summed E-state index contributed by atoms with van der Waals surface area (Å²) in [4.78, 5) is 32.1. The first-order valence-electron chi connectivity index (χ1n) is 9.55. The number of hydrogen-bond acceptors (Lipinski definition) is 6. The van der Waals surface area contributed by atoms with Crippen LogP contribution in [0.25, 0.3) is 16.0 Å². The topological polar surface area (TPSA) is 90.7 Å². The number of benzene rings is 3. The quantitative estimate of drug-likeness (QED) is 0.282. The van der Waals surface area contributed by atoms with Crippen LogP contribution in [0.5, 0.6) is 5.75 Å². The molecule has 1 aliphatic heterocycles. The van der Waals surface area contributed by atoms with Crippen molar-refractivity contribution < 1.29 is 19.8 Å². The summed E-state index contributed by atoms with van der Waals surface area (Å²) < 4.78 is 0.881. The van der Waals surface area contributed by atoms with Crippen LogP contribution in [0.4, 0.5) is 5.13 Å². The molecule has 1 aromatic heterocycles. The monoisotopic (exact) mass is 428 g/mol. The number of amides is 1. The fourth-order valence-electron chi connectivity index (χ4n) is 3.72. The van der Waals surface area contributed by atoms with Gasteiger partial charge in [0.1, 0.15) is 11.5 Å². The van der Waals surface area contributed by atoms with Gasteiger partial charge in [0, 0.05) is 5.56 Å². The van der Waals surface area contributed by atoms with Crippen molar-refractivity contribution in [1.82, 2.24) is 4.98 Å². The Morgan fingerprint density at radius 1 is 0.903 bits per heavy atom. The zero-order chi connectivity index (χ0) is 21.5. The van der Waals surface area contributed by atoms with E-state index in [-0.39, 0.29) is 17.1 Å². The predicted octanol–water partition coefficient (Wildman–Crippen LogP) is 4.63. The molecule has 0 aliphatic carbocycles. The highest BCUT2D eigenvalue weighted by molar-refractivity contribution is 7.22. The maximum Gasteiger partial charge on any atom is 0.301 e. The van der Waals surface area contributed by atoms with E-state index in [9.17, 15) is 19.8 Å². The Morgan fingerprint density at radius 2 is 1.58 bits per heavy atom. The second kappa shape index (κ2) is 7.37. The van der Waals surface area contributed by atoms with Gasteiger partial charge in [-0.25, -0.2) is 4.98 Å². The number of carbonyl (C=O) groups is 2. The molecule has 4 aromatic rings. The van der Waals surface area contributed by atoms with Gasteiger partial charge < -0.3 is 10.2 Å². The SMILES string of the molecule is O=C1C(=O)N(c2nc3ccccc3s2)C(c2ccc(O)cc2)/C1=C(\O)c1ccccc1. The number of fused-ring (bicyclic) bond motifs is 1. The second-order valence-electron chi connectivity index (χ2n) is 7.09. The van der Waals surface area contributed by atoms with Gasteiger partial charge in [-0.1, -0.05) is 65.9 Å². The third kappa shape index (κ3) is 3.15. The van der Waals surface area contributed by atoms with E-state index in [1.165, 1.54) is 28.4 Å². The molecule has 31 heavy (non-hydrogen) atoms. The number of aromatic nitrogens is 1. The Kier molecular flexibility index (Phi) is 4.52. The van der Waals surface area contributed by atoms with Gasteiger partial charge in [-0.05, 0) is 29.8 Å². The maximum absolute atomic E-state index is 13.1. The van der Waals surface area contributed by atoms with Crippen LogP contribution in [-0.4, -0.2) is 26.9 Å². The number of anilines is 1. The molecule has 1 fully saturated rings. The van der Waals surface area contributed by atoms with Gasteiger partial charge in [0.2, 0.25) is 0 Å². The standard InChI is InChI=1S/C24H16N2O4S/c27-16-12-10-14(11-13-16)20-19(21(28)15-6-2-1-3-7-15)22(29)23(30)26(20)24-25-17-8-4-5-9-18(17)31-24/h1-13,20,27-28H/b21-19+. The van der Waals surface area contributed by atoms with E-state index in [0.29, 0.717) is 16.3 Å². The molecule has 2 heterocycles. The molecular formula is C24H16N2O4S. The fourth-order valence-corrected chi connectivity index (χ4v) is 4.71. The number of aliphatic hydroxyl groups excluding tert-OH is 1. The second-order valence-corrected chi connectivity index (χ2v) is 8.10. The number of nitrogens with zero attached hydrogens (tertiary/aromatic N) is 2. The third-order valence-corrected chi connectivity index (χ3v) is 6.22. The molecule has 5 rings (SSSR count). The number of hydrogen-bond donors (Lipinski definition) is 2. The molecule has 0 spiro atoms. The molecule has 1 atom stereocenters. The number of ketones is 1. The minimum Gasteiger partial charge on any atom is -0.508 e. The molecule has 7 heteroatoms. The van der Waals surface area contributed by atoms with E-state index < -0.39 is 17.7 Å². The number of phenolic OH excluding ortho intramolecular Hbond substituents is 1. The molecule has 1 amide bonds. The summed E-state index contributed by atoms with van der Waals surface area (Å²) in [5.74, 6) is -1.72. The number of rotatable bonds is 3. The van der Waals surface area contributed by atoms with Gasteiger partial charge in [0.25, 0.3) is 5.78 Å². The zero-order valence-corrected chi connectivity index (χ0v) is 16.9. The summed E-state index contributed by atoms with van der Waals surface area (Å²) in [6.07, 6.45) is 0. The average Bonchev–Trinajstić information content (AvgIpc) is 3.33. The lowest BCUT2D eigenvalue weighted by Gasteiger charge is -2.23. The van der Waals surface area contributed by atoms with Crippen LogP contribution in [0.15, 0.2) is 84.4 Å². The van der Waals surface area contributed by atoms with Crippen molar-refractivity contribution in [3.63, 3.8) is 0 Å². The number of aliphatic hydroxyl groups is 1. The van der Waals surface area contributed by atoms with Gasteiger partial charge in [-0.15, -0.1) is 0 Å². The Labute approximate surface area is 181 Å². The minimum absolute atomic E-state index is 0.0128. The molecule has 1 saturated heterocycles. The Morgan fingerprint density at radius 3 is 2.29 bits per heavy atom. The lowest BCUT2D eigenvalue weighted by molar-refractivity contribution is -0.132. The van der Waals surface area contributed by atoms with Crippen LogP contribution in [-0.2, 0) is 9.59 Å². The normalized spacial score (nSPS) is 18.1. The van der Waals surface area contributed by atoms with E-state index in [1.807, 2.05) is 24.3 Å². The van der Waals surface area contributed by atoms with Crippen molar-refractivity contribution in [2.75, 3.05) is 4.90 Å². The van der Waals surface area contributed by atoms with Crippen LogP contribution >= 0.6 is 11.3 Å². The van der Waals surface area contributed by atoms with E-state index >= 15 is 0 Å². The molecule has 152 valence electrons. The molecule has 2 N–H and O–H groups in total. The predicted molar refractivity (Wildman–Crippen MR) is 119 cm³/mol. The number of aromatic hydroxyl groups is 1. The summed E-state index contributed by atoms with van der Waals surface area (Å²) in [6.45, 7) is 0. The first-order chi connectivity index (χ1) is 15.0. The van der Waals surface area contributed by atoms with Gasteiger partial charge in [0.15, 0.2) is 5.13 Å². The first kappa shape index (κ1) is 19.0. The van der Waals surface area contributed by atoms with Crippen LogP contribution in [0.1, 0.15) is 17.2 Å². The molecule has 0 bridgehead atoms. The minimum atomic E-state index is -0.874. The van der Waals surface area contributed by atoms with E-state index in [1.54, 1.807) is 42.5 Å². The maximum atomic E-state index is 13.1. The van der Waals surface area contributed by atoms with Gasteiger partial charge >= 0.3 is 5.91 Å². The molecule has 1 aliphatic rings. The summed E-state index contributed by atoms with van der Waals surface area (Å²) in [7, 11) is 0. The van der Waals surface area contributed by atoms with Crippen LogP contribution in [0.2, 0.25) is 0 Å². The lowest BCUT2D eigenvalue weighted by Crippen LogP contribution is -2.29. The molecular weight excluding hydrogens is 412 g/mol. The summed E-state index contributed by atoms with van der Waals surface area (Å²) >= 11 is 1.30. The summed E-state index contributed by atoms with van der Waals surface area (Å²) in [6, 6.07) is 21.5. The molecule has 3 aromatic carbocycles. The van der Waals surface area contributed by atoms with Crippen LogP contribution in [0.3, 0.4) is 0 Å². The van der Waals surface area contributed by atoms with E-state index in [4.69, 9.17) is 0 Å². The molecule has 0 saturated carbocycles. The molecule has 0 radical (unpaired) electrons. The highest BCUT2D eigenvalue weighted by Gasteiger charge is 2.48. The number of thiazole rings is 1. The van der Waals surface area contributed by atoms with Crippen molar-refractivity contribution in [2.24, 2.45) is 0 Å². The van der Waals surface area contributed by atoms with Gasteiger partial charge in [-0.3, -0.25) is 14.5 Å². The van der Waals surface area contributed by atoms with Crippen LogP contribution < -0.4 is 4.90 Å². The number of Topliss-reactive ketones (excluding diaryl/α,β-unsaturated/α-hetero) is 1. The third-order valence-electron chi connectivity index (χ3n) is 5.19. The van der Waals surface area contributed by atoms with Crippen LogP contribution in [0, 0.1) is 0 Å². The van der Waals surface area contributed by atoms with Crippen molar-refractivity contribution in [3.8, 4) is 5.75 Å². The largest absolute Gasteiger partial charge is 0.508 e. The average molecular weight is 428 g/mol. The zero-order valence-electron chi connectivity index (χ0n) is 16.1. The van der Waals surface area contributed by atoms with Gasteiger partial charge in [0.05, 0.1) is 21.8 Å². The fraction of sp³-hybridized carbons (Fsp3) is 0.0417. The van der Waals surface area contributed by atoms with Gasteiger partial charge in [-0.2, -0.15) is 0 Å². The summed E-state index contributed by atoms with van der Waals surface area (Å²) in [5.41, 5.74) is 1.72. The summed E-state index contributed by atoms with van der Waals surface area (Å²) in [5, 5.41) is 21.1. The highest BCUT2D eigenvalue weighted by Crippen LogP contribution is 2.44. The Hall–Kier alpha value is -3.97. The highest BCUT2D eigenvalue weighted by atomic mass is 32.1. The van der Waals surface area contributed by atoms with E-state index in [2.05, 4.69) is 4.98 Å². The first-order valence-corrected chi connectivity index (χ1v) is 10.4. The van der Waals surface area contributed by atoms with Crippen molar-refractivity contribution in [1.29, 1.82) is 0 Å². The Balaban J connectivity index is 1.74. The molecule has 6 nitrogen and oxygen atoms in total. The lowest BCUT2D eigenvalue weighted by atomic mass is 9.95. The number of carbonyl (C=O) groups excluding carboxylic acids is 2. The number of phenols is 1.